The topological polar surface area (TPSA) is 105 Å². The lowest BCUT2D eigenvalue weighted by Crippen LogP contribution is -2.35. The summed E-state index contributed by atoms with van der Waals surface area (Å²) < 4.78 is 33.9. The van der Waals surface area contributed by atoms with Crippen molar-refractivity contribution in [1.82, 2.24) is 5.32 Å². The molecule has 0 atom stereocenters. The number of hydrogen-bond donors (Lipinski definition) is 1. The molecule has 26 heavy (non-hydrogen) atoms. The minimum Gasteiger partial charge on any atom is -0.452 e. The Morgan fingerprint density at radius 1 is 1.27 bits per heavy atom. The first-order valence-electron chi connectivity index (χ1n) is 8.61. The van der Waals surface area contributed by atoms with E-state index in [0.29, 0.717) is 31.0 Å². The molecule has 8 nitrogen and oxygen atoms in total. The van der Waals surface area contributed by atoms with Crippen LogP contribution in [0.3, 0.4) is 0 Å². The summed E-state index contributed by atoms with van der Waals surface area (Å²) in [6, 6.07) is 4.40. The molecule has 0 radical (unpaired) electrons. The molecule has 2 aliphatic heterocycles. The molecule has 2 heterocycles. The summed E-state index contributed by atoms with van der Waals surface area (Å²) in [5.41, 5.74) is 0.613. The van der Waals surface area contributed by atoms with Gasteiger partial charge in [-0.3, -0.25) is 4.79 Å². The lowest BCUT2D eigenvalue weighted by Gasteiger charge is -2.29. The molecular weight excluding hydrogens is 358 g/mol. The number of sulfonamides is 1. The van der Waals surface area contributed by atoms with Gasteiger partial charge in [0.05, 0.1) is 11.3 Å². The fourth-order valence-electron chi connectivity index (χ4n) is 3.07. The van der Waals surface area contributed by atoms with Crippen LogP contribution >= 0.6 is 0 Å². The van der Waals surface area contributed by atoms with E-state index in [1.807, 2.05) is 4.90 Å². The average molecular weight is 379 g/mol. The highest BCUT2D eigenvalue weighted by Gasteiger charge is 2.32. The van der Waals surface area contributed by atoms with Gasteiger partial charge in [0, 0.05) is 19.5 Å². The molecule has 9 heteroatoms. The molecule has 0 aliphatic carbocycles. The second-order valence-corrected chi connectivity index (χ2v) is 7.73. The summed E-state index contributed by atoms with van der Waals surface area (Å²) in [4.78, 5) is 25.4. The number of nitrogens with one attached hydrogen (secondary N) is 1. The van der Waals surface area contributed by atoms with Crippen molar-refractivity contribution in [3.63, 3.8) is 0 Å². The molecule has 1 N–H and O–H groups in total. The fraction of sp³-hybridized carbons (Fsp3) is 0.471. The monoisotopic (exact) mass is 379 g/mol. The lowest BCUT2D eigenvalue weighted by atomic mass is 10.2. The molecule has 0 aromatic heterocycles. The number of amidine groups is 1. The summed E-state index contributed by atoms with van der Waals surface area (Å²) in [6.07, 6.45) is 3.50. The first kappa shape index (κ1) is 18.4. The van der Waals surface area contributed by atoms with Crippen molar-refractivity contribution in [3.8, 4) is 0 Å². The van der Waals surface area contributed by atoms with Crippen LogP contribution in [-0.2, 0) is 19.6 Å². The first-order valence-corrected chi connectivity index (χ1v) is 10.1. The van der Waals surface area contributed by atoms with Crippen molar-refractivity contribution in [3.05, 3.63) is 23.8 Å². The molecule has 140 valence electrons. The van der Waals surface area contributed by atoms with Crippen molar-refractivity contribution in [2.45, 2.75) is 37.5 Å². The van der Waals surface area contributed by atoms with E-state index < -0.39 is 28.5 Å². The Balaban J connectivity index is 1.87. The van der Waals surface area contributed by atoms with Crippen LogP contribution < -0.4 is 10.2 Å². The quantitative estimate of drug-likeness (QED) is 0.794. The molecular formula is C17H21N3O5S. The van der Waals surface area contributed by atoms with Crippen LogP contribution in [0.4, 0.5) is 5.69 Å². The molecule has 0 bridgehead atoms. The number of fused-ring (bicyclic) bond motifs is 3. The van der Waals surface area contributed by atoms with Gasteiger partial charge in [-0.1, -0.05) is 6.42 Å². The SMILES string of the molecule is CCNC(=O)COC(=O)c1ccc2c(c1)S(=O)(=O)N=C1CCCCCN12. The largest absolute Gasteiger partial charge is 0.452 e. The molecule has 0 saturated carbocycles. The molecule has 0 unspecified atom stereocenters. The van der Waals surface area contributed by atoms with Gasteiger partial charge in [0.25, 0.3) is 15.9 Å². The van der Waals surface area contributed by atoms with E-state index >= 15 is 0 Å². The minimum atomic E-state index is -3.87. The van der Waals surface area contributed by atoms with Gasteiger partial charge >= 0.3 is 5.97 Å². The summed E-state index contributed by atoms with van der Waals surface area (Å²) in [6.45, 7) is 2.47. The molecule has 1 fully saturated rings. The van der Waals surface area contributed by atoms with Gasteiger partial charge in [-0.25, -0.2) is 4.79 Å². The average Bonchev–Trinajstić information content (AvgIpc) is 2.84. The molecule has 1 aromatic carbocycles. The van der Waals surface area contributed by atoms with Crippen LogP contribution in [0.1, 0.15) is 43.0 Å². The Bertz CT molecular complexity index is 863. The van der Waals surface area contributed by atoms with Gasteiger partial charge in [0.1, 0.15) is 10.7 Å². The maximum atomic E-state index is 12.5. The summed E-state index contributed by atoms with van der Waals surface area (Å²) in [5, 5.41) is 2.52. The van der Waals surface area contributed by atoms with Crippen molar-refractivity contribution >= 4 is 33.4 Å². The highest BCUT2D eigenvalue weighted by atomic mass is 32.2. The number of nitrogens with zero attached hydrogens (tertiary/aromatic N) is 2. The third-order valence-corrected chi connectivity index (χ3v) is 5.63. The Morgan fingerprint density at radius 2 is 2.08 bits per heavy atom. The Morgan fingerprint density at radius 3 is 2.85 bits per heavy atom. The van der Waals surface area contributed by atoms with Crippen molar-refractivity contribution in [2.24, 2.45) is 4.40 Å². The number of ether oxygens (including phenoxy) is 1. The van der Waals surface area contributed by atoms with Gasteiger partial charge in [-0.2, -0.15) is 8.42 Å². The van der Waals surface area contributed by atoms with E-state index in [1.165, 1.54) is 12.1 Å². The number of benzene rings is 1. The van der Waals surface area contributed by atoms with Gasteiger partial charge in [-0.15, -0.1) is 4.40 Å². The Labute approximate surface area is 152 Å². The first-order chi connectivity index (χ1) is 12.4. The van der Waals surface area contributed by atoms with E-state index in [1.54, 1.807) is 13.0 Å². The highest BCUT2D eigenvalue weighted by molar-refractivity contribution is 7.90. The highest BCUT2D eigenvalue weighted by Crippen LogP contribution is 2.35. The van der Waals surface area contributed by atoms with Gasteiger partial charge < -0.3 is 15.0 Å². The molecule has 0 spiro atoms. The number of likely N-dealkylation sites (N-methyl/N-ethyl adjacent to an activating group) is 1. The number of rotatable bonds is 4. The van der Waals surface area contributed by atoms with E-state index in [-0.39, 0.29) is 10.5 Å². The molecule has 3 rings (SSSR count). The predicted octanol–water partition coefficient (Wildman–Crippen LogP) is 1.46. The second kappa shape index (κ2) is 7.45. The molecule has 1 saturated heterocycles. The minimum absolute atomic E-state index is 0.00407. The summed E-state index contributed by atoms with van der Waals surface area (Å²) >= 11 is 0. The standard InChI is InChI=1S/C17H21N3O5S/c1-2-18-16(21)11-25-17(22)12-7-8-13-14(10-12)26(23,24)19-15-6-4-3-5-9-20(13)15/h7-8,10H,2-6,9,11H2,1H3,(H,18,21). The summed E-state index contributed by atoms with van der Waals surface area (Å²) in [5.74, 6) is -0.605. The van der Waals surface area contributed by atoms with Crippen LogP contribution in [-0.4, -0.2) is 45.8 Å². The zero-order chi connectivity index (χ0) is 18.7. The predicted molar refractivity (Wildman–Crippen MR) is 95.8 cm³/mol. The number of esters is 1. The normalized spacial score (nSPS) is 18.0. The number of anilines is 1. The van der Waals surface area contributed by atoms with Crippen LogP contribution in [0.5, 0.6) is 0 Å². The van der Waals surface area contributed by atoms with Gasteiger partial charge in [-0.05, 0) is 38.0 Å². The zero-order valence-electron chi connectivity index (χ0n) is 14.5. The van der Waals surface area contributed by atoms with E-state index in [4.69, 9.17) is 4.74 Å². The van der Waals surface area contributed by atoms with Crippen molar-refractivity contribution in [2.75, 3.05) is 24.6 Å². The third kappa shape index (κ3) is 3.72. The second-order valence-electron chi connectivity index (χ2n) is 6.16. The van der Waals surface area contributed by atoms with E-state index in [0.717, 1.165) is 19.3 Å². The smallest absolute Gasteiger partial charge is 0.338 e. The molecule has 1 amide bonds. The lowest BCUT2D eigenvalue weighted by molar-refractivity contribution is -0.124. The number of hydrogen-bond acceptors (Lipinski definition) is 6. The maximum Gasteiger partial charge on any atom is 0.338 e. The van der Waals surface area contributed by atoms with Gasteiger partial charge in [0.2, 0.25) is 0 Å². The molecule has 2 aliphatic rings. The van der Waals surface area contributed by atoms with Gasteiger partial charge in [0.15, 0.2) is 6.61 Å². The molecule has 1 aromatic rings. The van der Waals surface area contributed by atoms with Crippen molar-refractivity contribution in [1.29, 1.82) is 0 Å². The number of carbonyl (C=O) groups excluding carboxylic acids is 2. The maximum absolute atomic E-state index is 12.5. The third-order valence-electron chi connectivity index (χ3n) is 4.29. The number of carbonyl (C=O) groups is 2. The zero-order valence-corrected chi connectivity index (χ0v) is 15.3. The Hall–Kier alpha value is -2.42. The number of amides is 1. The summed E-state index contributed by atoms with van der Waals surface area (Å²) in [7, 11) is -3.87. The van der Waals surface area contributed by atoms with Crippen LogP contribution in [0.2, 0.25) is 0 Å². The van der Waals surface area contributed by atoms with Crippen LogP contribution in [0, 0.1) is 0 Å². The fourth-order valence-corrected chi connectivity index (χ4v) is 4.35. The Kier molecular flexibility index (Phi) is 5.26. The van der Waals surface area contributed by atoms with E-state index in [2.05, 4.69) is 9.71 Å². The van der Waals surface area contributed by atoms with Crippen LogP contribution in [0.25, 0.3) is 0 Å². The van der Waals surface area contributed by atoms with Crippen LogP contribution in [0.15, 0.2) is 27.5 Å². The van der Waals surface area contributed by atoms with E-state index in [9.17, 15) is 18.0 Å². The van der Waals surface area contributed by atoms with Crippen molar-refractivity contribution < 1.29 is 22.7 Å².